The zero-order valence-corrected chi connectivity index (χ0v) is 28.0. The van der Waals surface area contributed by atoms with Gasteiger partial charge in [0.15, 0.2) is 0 Å². The SMILES string of the molecule is c1ccc(-c2cccc(-c3c4ccccc4c(-c4cccc(-c5cccc6c5c5ccccc5n6-c5ccccc5)c4)c4ccccc34)c2)cc1. The zero-order valence-electron chi connectivity index (χ0n) is 28.0. The van der Waals surface area contributed by atoms with Crippen LogP contribution in [-0.2, 0) is 0 Å². The Morgan fingerprint density at radius 1 is 0.275 bits per heavy atom. The molecule has 0 spiro atoms. The normalized spacial score (nSPS) is 11.5. The second-order valence-electron chi connectivity index (χ2n) is 13.3. The molecule has 10 rings (SSSR count). The third-order valence-electron chi connectivity index (χ3n) is 10.4. The van der Waals surface area contributed by atoms with Crippen LogP contribution in [0, 0.1) is 0 Å². The van der Waals surface area contributed by atoms with Crippen molar-refractivity contribution in [2.45, 2.75) is 0 Å². The third-order valence-corrected chi connectivity index (χ3v) is 10.4. The molecule has 0 radical (unpaired) electrons. The molecule has 1 heteroatoms. The molecule has 0 amide bonds. The fourth-order valence-corrected chi connectivity index (χ4v) is 8.19. The lowest BCUT2D eigenvalue weighted by atomic mass is 9.85. The Morgan fingerprint density at radius 2 is 0.706 bits per heavy atom. The molecule has 0 unspecified atom stereocenters. The lowest BCUT2D eigenvalue weighted by molar-refractivity contribution is 1.18. The Labute approximate surface area is 297 Å². The van der Waals surface area contributed by atoms with Crippen molar-refractivity contribution < 1.29 is 0 Å². The molecular formula is C50H33N. The Hall–Kier alpha value is -6.70. The highest BCUT2D eigenvalue weighted by Gasteiger charge is 2.19. The van der Waals surface area contributed by atoms with Crippen LogP contribution >= 0.6 is 0 Å². The molecule has 1 aromatic heterocycles. The van der Waals surface area contributed by atoms with Gasteiger partial charge in [-0.15, -0.1) is 0 Å². The van der Waals surface area contributed by atoms with Gasteiger partial charge in [0.2, 0.25) is 0 Å². The summed E-state index contributed by atoms with van der Waals surface area (Å²) in [5, 5.41) is 7.57. The first kappa shape index (κ1) is 29.2. The first-order chi connectivity index (χ1) is 25.3. The van der Waals surface area contributed by atoms with Gasteiger partial charge in [-0.25, -0.2) is 0 Å². The van der Waals surface area contributed by atoms with Crippen LogP contribution in [0.4, 0.5) is 0 Å². The predicted molar refractivity (Wildman–Crippen MR) is 218 cm³/mol. The van der Waals surface area contributed by atoms with Gasteiger partial charge in [0, 0.05) is 16.5 Å². The van der Waals surface area contributed by atoms with Crippen LogP contribution in [0.3, 0.4) is 0 Å². The minimum absolute atomic E-state index is 1.17. The number of para-hydroxylation sites is 2. The molecule has 0 fully saturated rings. The zero-order chi connectivity index (χ0) is 33.7. The Balaban J connectivity index is 1.20. The second kappa shape index (κ2) is 12.0. The van der Waals surface area contributed by atoms with Gasteiger partial charge in [0.1, 0.15) is 0 Å². The van der Waals surface area contributed by atoms with E-state index in [2.05, 4.69) is 205 Å². The number of hydrogen-bond donors (Lipinski definition) is 0. The van der Waals surface area contributed by atoms with Crippen molar-refractivity contribution in [1.29, 1.82) is 0 Å². The van der Waals surface area contributed by atoms with E-state index < -0.39 is 0 Å². The van der Waals surface area contributed by atoms with Gasteiger partial charge in [0.05, 0.1) is 11.0 Å². The van der Waals surface area contributed by atoms with Crippen LogP contribution in [0.2, 0.25) is 0 Å². The maximum absolute atomic E-state index is 2.40. The third kappa shape index (κ3) is 4.78. The number of nitrogens with zero attached hydrogens (tertiary/aromatic N) is 1. The Morgan fingerprint density at radius 3 is 1.33 bits per heavy atom. The van der Waals surface area contributed by atoms with E-state index in [1.54, 1.807) is 0 Å². The van der Waals surface area contributed by atoms with Gasteiger partial charge in [-0.2, -0.15) is 0 Å². The van der Waals surface area contributed by atoms with Crippen molar-refractivity contribution in [2.75, 3.05) is 0 Å². The standard InChI is InChI=1S/C50H33N/c1-3-16-34(17-4-1)35-18-13-20-37(32-35)48-41-24-7-9-26-43(41)49(44-27-10-8-25-42(44)48)38-21-14-19-36(33-38)40-29-15-31-47-50(40)45-28-11-12-30-46(45)51(47)39-22-5-2-6-23-39/h1-33H. The fraction of sp³-hybridized carbons (Fsp3) is 0. The van der Waals surface area contributed by atoms with Crippen LogP contribution < -0.4 is 0 Å². The van der Waals surface area contributed by atoms with Crippen molar-refractivity contribution in [1.82, 2.24) is 4.57 Å². The molecule has 0 N–H and O–H groups in total. The number of hydrogen-bond acceptors (Lipinski definition) is 0. The summed E-state index contributed by atoms with van der Waals surface area (Å²) in [6.45, 7) is 0. The fourth-order valence-electron chi connectivity index (χ4n) is 8.19. The molecule has 10 aromatic rings. The summed E-state index contributed by atoms with van der Waals surface area (Å²) >= 11 is 0. The lowest BCUT2D eigenvalue weighted by Crippen LogP contribution is -1.93. The van der Waals surface area contributed by atoms with Crippen LogP contribution in [0.1, 0.15) is 0 Å². The monoisotopic (exact) mass is 647 g/mol. The molecule has 51 heavy (non-hydrogen) atoms. The van der Waals surface area contributed by atoms with Gasteiger partial charge in [-0.05, 0) is 102 Å². The summed E-state index contributed by atoms with van der Waals surface area (Å²) in [5.41, 5.74) is 13.5. The van der Waals surface area contributed by atoms with E-state index in [9.17, 15) is 0 Å². The highest BCUT2D eigenvalue weighted by atomic mass is 15.0. The molecule has 0 aliphatic carbocycles. The summed E-state index contributed by atoms with van der Waals surface area (Å²) in [6.07, 6.45) is 0. The van der Waals surface area contributed by atoms with E-state index >= 15 is 0 Å². The van der Waals surface area contributed by atoms with Gasteiger partial charge >= 0.3 is 0 Å². The second-order valence-corrected chi connectivity index (χ2v) is 13.3. The average Bonchev–Trinajstić information content (AvgIpc) is 3.55. The first-order valence-electron chi connectivity index (χ1n) is 17.6. The van der Waals surface area contributed by atoms with E-state index in [0.717, 1.165) is 0 Å². The van der Waals surface area contributed by atoms with Gasteiger partial charge in [-0.1, -0.05) is 164 Å². The van der Waals surface area contributed by atoms with Gasteiger partial charge in [0.25, 0.3) is 0 Å². The van der Waals surface area contributed by atoms with Crippen LogP contribution in [0.25, 0.3) is 93.5 Å². The van der Waals surface area contributed by atoms with Gasteiger partial charge in [-0.3, -0.25) is 0 Å². The summed E-state index contributed by atoms with van der Waals surface area (Å²) in [6, 6.07) is 72.9. The van der Waals surface area contributed by atoms with Crippen LogP contribution in [-0.4, -0.2) is 4.57 Å². The maximum Gasteiger partial charge on any atom is 0.0547 e. The molecule has 0 aliphatic rings. The number of fused-ring (bicyclic) bond motifs is 5. The molecule has 1 nitrogen and oxygen atoms in total. The molecule has 0 bridgehead atoms. The summed E-state index contributed by atoms with van der Waals surface area (Å²) in [4.78, 5) is 0. The quantitative estimate of drug-likeness (QED) is 0.164. The highest BCUT2D eigenvalue weighted by Crippen LogP contribution is 2.45. The molecule has 238 valence electrons. The molecule has 0 saturated heterocycles. The Kier molecular flexibility index (Phi) is 6.89. The van der Waals surface area contributed by atoms with E-state index in [-0.39, 0.29) is 0 Å². The molecule has 0 aliphatic heterocycles. The molecule has 1 heterocycles. The summed E-state index contributed by atoms with van der Waals surface area (Å²) in [7, 11) is 0. The van der Waals surface area contributed by atoms with Crippen LogP contribution in [0.15, 0.2) is 200 Å². The summed E-state index contributed by atoms with van der Waals surface area (Å²) < 4.78 is 2.39. The van der Waals surface area contributed by atoms with Crippen molar-refractivity contribution in [2.24, 2.45) is 0 Å². The maximum atomic E-state index is 2.40. The predicted octanol–water partition coefficient (Wildman–Crippen LogP) is 13.8. The van der Waals surface area contributed by atoms with Crippen molar-refractivity contribution in [3.05, 3.63) is 200 Å². The van der Waals surface area contributed by atoms with Crippen molar-refractivity contribution >= 4 is 43.4 Å². The Bertz CT molecular complexity index is 2840. The van der Waals surface area contributed by atoms with Crippen LogP contribution in [0.5, 0.6) is 0 Å². The highest BCUT2D eigenvalue weighted by molar-refractivity contribution is 6.22. The largest absolute Gasteiger partial charge is 0.309 e. The number of aromatic nitrogens is 1. The smallest absolute Gasteiger partial charge is 0.0547 e. The number of benzene rings is 9. The van der Waals surface area contributed by atoms with Crippen molar-refractivity contribution in [3.63, 3.8) is 0 Å². The van der Waals surface area contributed by atoms with Crippen molar-refractivity contribution in [3.8, 4) is 50.2 Å². The average molecular weight is 648 g/mol. The minimum Gasteiger partial charge on any atom is -0.309 e. The number of rotatable bonds is 5. The molecule has 0 saturated carbocycles. The molecule has 9 aromatic carbocycles. The first-order valence-corrected chi connectivity index (χ1v) is 17.6. The molecular weight excluding hydrogens is 615 g/mol. The van der Waals surface area contributed by atoms with E-state index in [1.165, 1.54) is 93.5 Å². The van der Waals surface area contributed by atoms with Gasteiger partial charge < -0.3 is 4.57 Å². The van der Waals surface area contributed by atoms with E-state index in [1.807, 2.05) is 0 Å². The topological polar surface area (TPSA) is 4.93 Å². The summed E-state index contributed by atoms with van der Waals surface area (Å²) in [5.74, 6) is 0. The van der Waals surface area contributed by atoms with E-state index in [4.69, 9.17) is 0 Å². The minimum atomic E-state index is 1.17. The molecule has 0 atom stereocenters. The van der Waals surface area contributed by atoms with E-state index in [0.29, 0.717) is 0 Å². The lowest BCUT2D eigenvalue weighted by Gasteiger charge is -2.18.